The highest BCUT2D eigenvalue weighted by Gasteiger charge is 2.09. The number of aromatic hydroxyl groups is 1. The molecular formula is C15H9BrClNO2. The van der Waals surface area contributed by atoms with Crippen LogP contribution in [0.5, 0.6) is 17.4 Å². The maximum absolute atomic E-state index is 9.60. The topological polar surface area (TPSA) is 42.4 Å². The van der Waals surface area contributed by atoms with E-state index in [1.807, 2.05) is 18.2 Å². The zero-order valence-corrected chi connectivity index (χ0v) is 12.5. The van der Waals surface area contributed by atoms with E-state index >= 15 is 0 Å². The highest BCUT2D eigenvalue weighted by atomic mass is 79.9. The standard InChI is InChI=1S/C15H9BrClNO2/c16-10-2-4-13(17)14(7-10)20-15-12-8-11(19)3-1-9(12)5-6-18-15/h1-8,19H. The third-order valence-corrected chi connectivity index (χ3v) is 3.62. The Balaban J connectivity index is 2.10. The van der Waals surface area contributed by atoms with Crippen molar-refractivity contribution in [3.8, 4) is 17.4 Å². The van der Waals surface area contributed by atoms with Crippen molar-refractivity contribution in [2.75, 3.05) is 0 Å². The summed E-state index contributed by atoms with van der Waals surface area (Å²) in [5.41, 5.74) is 0. The number of nitrogens with zero attached hydrogens (tertiary/aromatic N) is 1. The molecule has 0 radical (unpaired) electrons. The molecule has 1 N–H and O–H groups in total. The van der Waals surface area contributed by atoms with Gasteiger partial charge in [-0.05, 0) is 41.8 Å². The molecule has 0 spiro atoms. The monoisotopic (exact) mass is 349 g/mol. The molecule has 0 amide bonds. The van der Waals surface area contributed by atoms with Crippen molar-refractivity contribution in [3.05, 3.63) is 58.2 Å². The fraction of sp³-hybridized carbons (Fsp3) is 0. The number of rotatable bonds is 2. The van der Waals surface area contributed by atoms with Crippen molar-refractivity contribution in [2.24, 2.45) is 0 Å². The number of hydrogen-bond donors (Lipinski definition) is 1. The van der Waals surface area contributed by atoms with E-state index < -0.39 is 0 Å². The summed E-state index contributed by atoms with van der Waals surface area (Å²) in [7, 11) is 0. The highest BCUT2D eigenvalue weighted by Crippen LogP contribution is 2.34. The zero-order valence-electron chi connectivity index (χ0n) is 10.2. The smallest absolute Gasteiger partial charge is 0.227 e. The molecule has 0 saturated heterocycles. The summed E-state index contributed by atoms with van der Waals surface area (Å²) in [6, 6.07) is 12.2. The van der Waals surface area contributed by atoms with Crippen LogP contribution in [0.4, 0.5) is 0 Å². The summed E-state index contributed by atoms with van der Waals surface area (Å²) < 4.78 is 6.64. The molecule has 2 aromatic carbocycles. The number of hydrogen-bond acceptors (Lipinski definition) is 3. The summed E-state index contributed by atoms with van der Waals surface area (Å²) in [5, 5.41) is 11.8. The molecule has 3 nitrogen and oxygen atoms in total. The van der Waals surface area contributed by atoms with Crippen molar-refractivity contribution < 1.29 is 9.84 Å². The van der Waals surface area contributed by atoms with Crippen LogP contribution in [0.25, 0.3) is 10.8 Å². The average Bonchev–Trinajstić information content (AvgIpc) is 2.43. The van der Waals surface area contributed by atoms with E-state index in [9.17, 15) is 5.11 Å². The summed E-state index contributed by atoms with van der Waals surface area (Å²) in [6.07, 6.45) is 1.65. The molecule has 100 valence electrons. The minimum atomic E-state index is 0.163. The van der Waals surface area contributed by atoms with Crippen LogP contribution in [-0.2, 0) is 0 Å². The molecule has 1 aromatic heterocycles. The van der Waals surface area contributed by atoms with E-state index in [4.69, 9.17) is 16.3 Å². The molecule has 0 atom stereocenters. The van der Waals surface area contributed by atoms with Gasteiger partial charge in [0, 0.05) is 16.1 Å². The first kappa shape index (κ1) is 13.2. The molecule has 0 aliphatic carbocycles. The lowest BCUT2D eigenvalue weighted by molar-refractivity contribution is 0.465. The normalized spacial score (nSPS) is 10.7. The Labute approximate surface area is 128 Å². The summed E-state index contributed by atoms with van der Waals surface area (Å²) in [5.74, 6) is 1.07. The van der Waals surface area contributed by atoms with Crippen molar-refractivity contribution in [2.45, 2.75) is 0 Å². The molecule has 3 rings (SSSR count). The Hall–Kier alpha value is -1.78. The average molecular weight is 351 g/mol. The Morgan fingerprint density at radius 1 is 1.10 bits per heavy atom. The van der Waals surface area contributed by atoms with Crippen LogP contribution in [0.15, 0.2) is 53.1 Å². The highest BCUT2D eigenvalue weighted by molar-refractivity contribution is 9.10. The molecule has 0 aliphatic rings. The van der Waals surface area contributed by atoms with Gasteiger partial charge >= 0.3 is 0 Å². The minimum absolute atomic E-state index is 0.163. The van der Waals surface area contributed by atoms with Crippen LogP contribution >= 0.6 is 27.5 Å². The lowest BCUT2D eigenvalue weighted by Gasteiger charge is -2.09. The van der Waals surface area contributed by atoms with Crippen LogP contribution in [0.1, 0.15) is 0 Å². The Morgan fingerprint density at radius 3 is 2.80 bits per heavy atom. The molecule has 20 heavy (non-hydrogen) atoms. The van der Waals surface area contributed by atoms with Crippen LogP contribution in [0.2, 0.25) is 5.02 Å². The first-order valence-electron chi connectivity index (χ1n) is 5.84. The molecule has 1 heterocycles. The molecule has 0 aliphatic heterocycles. The molecule has 5 heteroatoms. The third kappa shape index (κ3) is 2.57. The number of phenols is 1. The van der Waals surface area contributed by atoms with Gasteiger partial charge in [-0.25, -0.2) is 4.98 Å². The van der Waals surface area contributed by atoms with Gasteiger partial charge in [0.15, 0.2) is 0 Å². The van der Waals surface area contributed by atoms with E-state index in [1.165, 1.54) is 0 Å². The number of fused-ring (bicyclic) bond motifs is 1. The van der Waals surface area contributed by atoms with Gasteiger partial charge in [-0.3, -0.25) is 0 Å². The second-order valence-electron chi connectivity index (χ2n) is 4.20. The summed E-state index contributed by atoms with van der Waals surface area (Å²) in [6.45, 7) is 0. The van der Waals surface area contributed by atoms with E-state index in [2.05, 4.69) is 20.9 Å². The Bertz CT molecular complexity index is 792. The molecule has 0 unspecified atom stereocenters. The minimum Gasteiger partial charge on any atom is -0.508 e. The number of ether oxygens (including phenoxy) is 1. The third-order valence-electron chi connectivity index (χ3n) is 2.81. The van der Waals surface area contributed by atoms with Gasteiger partial charge in [-0.1, -0.05) is 33.6 Å². The predicted octanol–water partition coefficient (Wildman–Crippen LogP) is 5.15. The lowest BCUT2D eigenvalue weighted by Crippen LogP contribution is -1.90. The van der Waals surface area contributed by atoms with Crippen LogP contribution in [0, 0.1) is 0 Å². The van der Waals surface area contributed by atoms with Crippen LogP contribution in [-0.4, -0.2) is 10.1 Å². The summed E-state index contributed by atoms with van der Waals surface area (Å²) >= 11 is 9.48. The lowest BCUT2D eigenvalue weighted by atomic mass is 10.1. The Morgan fingerprint density at radius 2 is 1.95 bits per heavy atom. The van der Waals surface area contributed by atoms with Gasteiger partial charge in [-0.2, -0.15) is 0 Å². The first-order valence-corrected chi connectivity index (χ1v) is 7.01. The van der Waals surface area contributed by atoms with Gasteiger partial charge in [-0.15, -0.1) is 0 Å². The maximum atomic E-state index is 9.60. The quantitative estimate of drug-likeness (QED) is 0.695. The van der Waals surface area contributed by atoms with Gasteiger partial charge in [0.2, 0.25) is 5.88 Å². The number of benzene rings is 2. The van der Waals surface area contributed by atoms with Crippen molar-refractivity contribution in [1.82, 2.24) is 4.98 Å². The predicted molar refractivity (Wildman–Crippen MR) is 82.6 cm³/mol. The molecule has 3 aromatic rings. The fourth-order valence-electron chi connectivity index (χ4n) is 1.87. The SMILES string of the molecule is Oc1ccc2ccnc(Oc3cc(Br)ccc3Cl)c2c1. The number of pyridine rings is 1. The van der Waals surface area contributed by atoms with Crippen molar-refractivity contribution >= 4 is 38.3 Å². The summed E-state index contributed by atoms with van der Waals surface area (Å²) in [4.78, 5) is 4.21. The van der Waals surface area contributed by atoms with Crippen molar-refractivity contribution in [3.63, 3.8) is 0 Å². The van der Waals surface area contributed by atoms with Crippen LogP contribution < -0.4 is 4.74 Å². The molecule has 0 fully saturated rings. The first-order chi connectivity index (χ1) is 9.63. The number of phenolic OH excluding ortho intramolecular Hbond substituents is 1. The fourth-order valence-corrected chi connectivity index (χ4v) is 2.37. The second kappa shape index (κ2) is 5.31. The second-order valence-corrected chi connectivity index (χ2v) is 5.52. The largest absolute Gasteiger partial charge is 0.508 e. The van der Waals surface area contributed by atoms with Gasteiger partial charge in [0.1, 0.15) is 11.5 Å². The van der Waals surface area contributed by atoms with Gasteiger partial charge in [0.05, 0.1) is 5.02 Å². The van der Waals surface area contributed by atoms with E-state index in [-0.39, 0.29) is 5.75 Å². The maximum Gasteiger partial charge on any atom is 0.227 e. The van der Waals surface area contributed by atoms with Crippen molar-refractivity contribution in [1.29, 1.82) is 0 Å². The molecule has 0 saturated carbocycles. The van der Waals surface area contributed by atoms with E-state index in [0.29, 0.717) is 16.7 Å². The van der Waals surface area contributed by atoms with E-state index in [0.717, 1.165) is 15.2 Å². The van der Waals surface area contributed by atoms with E-state index in [1.54, 1.807) is 30.5 Å². The number of aromatic nitrogens is 1. The van der Waals surface area contributed by atoms with Gasteiger partial charge < -0.3 is 9.84 Å². The van der Waals surface area contributed by atoms with Gasteiger partial charge in [0.25, 0.3) is 0 Å². The zero-order chi connectivity index (χ0) is 14.1. The van der Waals surface area contributed by atoms with Crippen LogP contribution in [0.3, 0.4) is 0 Å². The Kier molecular flexibility index (Phi) is 3.51. The molecule has 0 bridgehead atoms. The molecular weight excluding hydrogens is 342 g/mol. The number of halogens is 2.